The fraction of sp³-hybridized carbons (Fsp3) is 0.211. The number of methoxy groups -OCH3 is 1. The van der Waals surface area contributed by atoms with Gasteiger partial charge in [-0.25, -0.2) is 0 Å². The van der Waals surface area contributed by atoms with Gasteiger partial charge < -0.3 is 4.74 Å². The van der Waals surface area contributed by atoms with Gasteiger partial charge in [0.15, 0.2) is 0 Å². The first-order valence-electron chi connectivity index (χ1n) is 7.14. The Morgan fingerprint density at radius 2 is 1.52 bits per heavy atom. The molecule has 0 spiro atoms. The van der Waals surface area contributed by atoms with Gasteiger partial charge in [-0.3, -0.25) is 4.79 Å². The highest BCUT2D eigenvalue weighted by Gasteiger charge is 2.47. The molecule has 0 saturated heterocycles. The van der Waals surface area contributed by atoms with Crippen molar-refractivity contribution in [2.45, 2.75) is 11.8 Å². The van der Waals surface area contributed by atoms with Crippen LogP contribution in [0.1, 0.15) is 17.5 Å². The third kappa shape index (κ3) is 2.17. The van der Waals surface area contributed by atoms with Crippen molar-refractivity contribution in [3.63, 3.8) is 0 Å². The first-order chi connectivity index (χ1) is 10.3. The lowest BCUT2D eigenvalue weighted by molar-refractivity contribution is -0.145. The molecule has 0 N–H and O–H groups in total. The molecule has 2 nitrogen and oxygen atoms in total. The van der Waals surface area contributed by atoms with Crippen molar-refractivity contribution >= 4 is 5.97 Å². The number of allylic oxidation sites excluding steroid dienone is 1. The molecule has 2 heteroatoms. The standard InChI is InChI=1S/C19H18O2/c1-21-18(20)17-13-8-14-19(17,15-9-4-2-5-10-15)16-11-6-3-7-12-16/h2-13,17H,14H2,1H3. The summed E-state index contributed by atoms with van der Waals surface area (Å²) in [5, 5.41) is 0. The van der Waals surface area contributed by atoms with Crippen LogP contribution in [-0.2, 0) is 14.9 Å². The lowest BCUT2D eigenvalue weighted by Crippen LogP contribution is -2.37. The summed E-state index contributed by atoms with van der Waals surface area (Å²) >= 11 is 0. The third-order valence-electron chi connectivity index (χ3n) is 4.33. The Morgan fingerprint density at radius 1 is 1.00 bits per heavy atom. The van der Waals surface area contributed by atoms with Crippen molar-refractivity contribution in [2.75, 3.05) is 7.11 Å². The molecule has 2 aromatic carbocycles. The van der Waals surface area contributed by atoms with E-state index in [0.29, 0.717) is 0 Å². The molecular formula is C19H18O2. The van der Waals surface area contributed by atoms with Crippen LogP contribution < -0.4 is 0 Å². The van der Waals surface area contributed by atoms with E-state index in [1.807, 2.05) is 42.5 Å². The zero-order valence-corrected chi connectivity index (χ0v) is 12.0. The second-order valence-electron chi connectivity index (χ2n) is 5.34. The lowest BCUT2D eigenvalue weighted by atomic mass is 9.67. The monoisotopic (exact) mass is 278 g/mol. The van der Waals surface area contributed by atoms with Crippen molar-refractivity contribution in [3.8, 4) is 0 Å². The molecule has 1 aliphatic rings. The molecule has 0 amide bonds. The number of carbonyl (C=O) groups is 1. The Kier molecular flexibility index (Phi) is 3.61. The first-order valence-corrected chi connectivity index (χ1v) is 7.14. The van der Waals surface area contributed by atoms with Crippen molar-refractivity contribution in [3.05, 3.63) is 83.9 Å². The van der Waals surface area contributed by atoms with Gasteiger partial charge in [-0.2, -0.15) is 0 Å². The Hall–Kier alpha value is -2.35. The van der Waals surface area contributed by atoms with E-state index in [0.717, 1.165) is 17.5 Å². The Balaban J connectivity index is 2.19. The first kappa shape index (κ1) is 13.6. The van der Waals surface area contributed by atoms with E-state index < -0.39 is 0 Å². The summed E-state index contributed by atoms with van der Waals surface area (Å²) in [5.41, 5.74) is 1.93. The molecular weight excluding hydrogens is 260 g/mol. The number of hydrogen-bond donors (Lipinski definition) is 0. The summed E-state index contributed by atoms with van der Waals surface area (Å²) in [6.07, 6.45) is 4.87. The normalized spacial score (nSPS) is 19.4. The smallest absolute Gasteiger partial charge is 0.313 e. The maximum atomic E-state index is 12.3. The van der Waals surface area contributed by atoms with Crippen LogP contribution in [0, 0.1) is 5.92 Å². The Morgan fingerprint density at radius 3 is 2.00 bits per heavy atom. The van der Waals surface area contributed by atoms with E-state index in [-0.39, 0.29) is 17.3 Å². The van der Waals surface area contributed by atoms with Crippen molar-refractivity contribution in [1.82, 2.24) is 0 Å². The summed E-state index contributed by atoms with van der Waals surface area (Å²) in [5.74, 6) is -0.469. The number of ether oxygens (including phenoxy) is 1. The minimum atomic E-state index is -0.365. The van der Waals surface area contributed by atoms with Gasteiger partial charge in [0.1, 0.15) is 0 Å². The fourth-order valence-electron chi connectivity index (χ4n) is 3.32. The Bertz CT molecular complexity index is 604. The molecule has 106 valence electrons. The predicted octanol–water partition coefficient (Wildman–Crippen LogP) is 3.72. The van der Waals surface area contributed by atoms with Gasteiger partial charge in [-0.1, -0.05) is 72.8 Å². The van der Waals surface area contributed by atoms with Crippen molar-refractivity contribution in [2.24, 2.45) is 5.92 Å². The highest BCUT2D eigenvalue weighted by molar-refractivity contribution is 5.79. The summed E-state index contributed by atoms with van der Waals surface area (Å²) in [6, 6.07) is 20.5. The van der Waals surface area contributed by atoms with Crippen LogP contribution >= 0.6 is 0 Å². The minimum Gasteiger partial charge on any atom is -0.469 e. The van der Waals surface area contributed by atoms with Gasteiger partial charge in [-0.15, -0.1) is 0 Å². The van der Waals surface area contributed by atoms with Crippen LogP contribution in [0.4, 0.5) is 0 Å². The highest BCUT2D eigenvalue weighted by Crippen LogP contribution is 2.47. The molecule has 0 fully saturated rings. The van der Waals surface area contributed by atoms with Crippen LogP contribution in [0.2, 0.25) is 0 Å². The second kappa shape index (κ2) is 5.57. The van der Waals surface area contributed by atoms with Crippen LogP contribution in [0.5, 0.6) is 0 Å². The summed E-state index contributed by atoms with van der Waals surface area (Å²) in [4.78, 5) is 12.3. The largest absolute Gasteiger partial charge is 0.469 e. The summed E-state index contributed by atoms with van der Waals surface area (Å²) < 4.78 is 5.04. The van der Waals surface area contributed by atoms with Crippen molar-refractivity contribution in [1.29, 1.82) is 0 Å². The topological polar surface area (TPSA) is 26.3 Å². The summed E-state index contributed by atoms with van der Waals surface area (Å²) in [7, 11) is 1.45. The summed E-state index contributed by atoms with van der Waals surface area (Å²) in [6.45, 7) is 0. The number of esters is 1. The molecule has 1 unspecified atom stereocenters. The van der Waals surface area contributed by atoms with E-state index >= 15 is 0 Å². The van der Waals surface area contributed by atoms with Crippen molar-refractivity contribution < 1.29 is 9.53 Å². The average molecular weight is 278 g/mol. The minimum absolute atomic E-state index is 0.184. The zero-order valence-electron chi connectivity index (χ0n) is 12.0. The number of rotatable bonds is 3. The maximum absolute atomic E-state index is 12.3. The molecule has 1 atom stereocenters. The van der Waals surface area contributed by atoms with E-state index in [2.05, 4.69) is 30.3 Å². The van der Waals surface area contributed by atoms with Crippen LogP contribution in [-0.4, -0.2) is 13.1 Å². The number of benzene rings is 2. The van der Waals surface area contributed by atoms with E-state index in [9.17, 15) is 4.79 Å². The highest BCUT2D eigenvalue weighted by atomic mass is 16.5. The lowest BCUT2D eigenvalue weighted by Gasteiger charge is -2.35. The van der Waals surface area contributed by atoms with E-state index in [1.54, 1.807) is 0 Å². The van der Waals surface area contributed by atoms with E-state index in [4.69, 9.17) is 4.74 Å². The Labute approximate surface area is 125 Å². The maximum Gasteiger partial charge on any atom is 0.313 e. The van der Waals surface area contributed by atoms with Gasteiger partial charge in [0, 0.05) is 5.41 Å². The van der Waals surface area contributed by atoms with E-state index in [1.165, 1.54) is 7.11 Å². The third-order valence-corrected chi connectivity index (χ3v) is 4.33. The predicted molar refractivity (Wildman–Crippen MR) is 82.9 cm³/mol. The SMILES string of the molecule is COC(=O)C1C=CCC1(c1ccccc1)c1ccccc1. The molecule has 0 radical (unpaired) electrons. The number of carbonyl (C=O) groups excluding carboxylic acids is 1. The fourth-order valence-corrected chi connectivity index (χ4v) is 3.32. The molecule has 0 saturated carbocycles. The van der Waals surface area contributed by atoms with Crippen LogP contribution in [0.25, 0.3) is 0 Å². The number of hydrogen-bond acceptors (Lipinski definition) is 2. The van der Waals surface area contributed by atoms with Gasteiger partial charge in [-0.05, 0) is 17.5 Å². The second-order valence-corrected chi connectivity index (χ2v) is 5.34. The average Bonchev–Trinajstić information content (AvgIpc) is 3.02. The molecule has 21 heavy (non-hydrogen) atoms. The van der Waals surface area contributed by atoms with Gasteiger partial charge >= 0.3 is 5.97 Å². The molecule has 3 rings (SSSR count). The molecule has 0 heterocycles. The molecule has 2 aromatic rings. The zero-order chi connectivity index (χ0) is 14.7. The van der Waals surface area contributed by atoms with Crippen LogP contribution in [0.3, 0.4) is 0 Å². The van der Waals surface area contributed by atoms with Gasteiger partial charge in [0.05, 0.1) is 13.0 Å². The van der Waals surface area contributed by atoms with Crippen LogP contribution in [0.15, 0.2) is 72.8 Å². The van der Waals surface area contributed by atoms with Gasteiger partial charge in [0.2, 0.25) is 0 Å². The van der Waals surface area contributed by atoms with Gasteiger partial charge in [0.25, 0.3) is 0 Å². The molecule has 1 aliphatic carbocycles. The molecule has 0 bridgehead atoms. The quantitative estimate of drug-likeness (QED) is 0.632. The molecule has 0 aliphatic heterocycles. The molecule has 0 aromatic heterocycles.